The van der Waals surface area contributed by atoms with Crippen LogP contribution in [-0.2, 0) is 14.8 Å². The Morgan fingerprint density at radius 3 is 2.47 bits per heavy atom. The lowest BCUT2D eigenvalue weighted by molar-refractivity contribution is -0.134. The predicted octanol–water partition coefficient (Wildman–Crippen LogP) is 3.85. The second-order valence-corrected chi connectivity index (χ2v) is 10.5. The third-order valence-electron chi connectivity index (χ3n) is 5.58. The number of nitrogens with one attached hydrogen (secondary N) is 2. The summed E-state index contributed by atoms with van der Waals surface area (Å²) >= 11 is 6.42. The molecule has 0 aromatic heterocycles. The number of piperidine rings is 1. The van der Waals surface area contributed by atoms with E-state index in [-0.39, 0.29) is 54.0 Å². The number of ether oxygens (including phenoxy) is 1. The Morgan fingerprint density at radius 2 is 1.89 bits per heavy atom. The zero-order valence-electron chi connectivity index (χ0n) is 20.2. The molecular formula is C24H30Cl3N5O5S. The number of carboxylic acids is 1. The van der Waals surface area contributed by atoms with Crippen molar-refractivity contribution in [2.75, 3.05) is 29.7 Å². The summed E-state index contributed by atoms with van der Waals surface area (Å²) in [4.78, 5) is 13.1. The van der Waals surface area contributed by atoms with Gasteiger partial charge in [-0.25, -0.2) is 8.42 Å². The van der Waals surface area contributed by atoms with E-state index in [1.807, 2.05) is 4.90 Å². The molecule has 2 aromatic rings. The molecular weight excluding hydrogens is 577 g/mol. The molecule has 0 unspecified atom stereocenters. The predicted molar refractivity (Wildman–Crippen MR) is 155 cm³/mol. The highest BCUT2D eigenvalue weighted by Crippen LogP contribution is 2.32. The van der Waals surface area contributed by atoms with Crippen molar-refractivity contribution in [1.29, 1.82) is 10.8 Å². The van der Waals surface area contributed by atoms with E-state index in [9.17, 15) is 13.2 Å². The number of halogens is 3. The first-order chi connectivity index (χ1) is 17.1. The highest BCUT2D eigenvalue weighted by atomic mass is 35.5. The molecule has 1 saturated heterocycles. The number of nitrogen functional groups attached to an aromatic ring is 1. The number of benzene rings is 2. The highest BCUT2D eigenvalue weighted by molar-refractivity contribution is 7.93. The molecule has 0 aliphatic carbocycles. The number of sulfonamides is 1. The fourth-order valence-corrected chi connectivity index (χ4v) is 5.19. The van der Waals surface area contributed by atoms with Crippen LogP contribution in [0.25, 0.3) is 6.08 Å². The lowest BCUT2D eigenvalue weighted by Crippen LogP contribution is -2.37. The van der Waals surface area contributed by atoms with Crippen molar-refractivity contribution in [1.82, 2.24) is 4.90 Å². The third-order valence-corrected chi connectivity index (χ3v) is 7.52. The fourth-order valence-electron chi connectivity index (χ4n) is 3.75. The van der Waals surface area contributed by atoms with Crippen LogP contribution in [0, 0.1) is 10.8 Å². The number of hydrogen-bond donors (Lipinski definition) is 4. The largest absolute Gasteiger partial charge is 0.489 e. The molecule has 14 heteroatoms. The summed E-state index contributed by atoms with van der Waals surface area (Å²) in [5.41, 5.74) is 6.95. The molecule has 0 amide bonds. The maximum absolute atomic E-state index is 12.9. The van der Waals surface area contributed by atoms with E-state index in [4.69, 9.17) is 38.0 Å². The number of nitrogens with zero attached hydrogens (tertiary/aromatic N) is 2. The molecule has 1 heterocycles. The van der Waals surface area contributed by atoms with Gasteiger partial charge in [-0.05, 0) is 29.8 Å². The van der Waals surface area contributed by atoms with Crippen molar-refractivity contribution in [3.63, 3.8) is 0 Å². The standard InChI is InChI=1S/C24H28ClN5O5S.2ClH/c25-21-14-19(6-7-22(21)35-20-8-11-29(16-26)12-9-20)30(36(33,34)15-23(31)32)10-2-4-17-3-1-5-18(13-17)24(27)28;;/h1-7,13-14,16,20,26H,8-12,15H2,(H3,27,28)(H,31,32);2*1H/b4-2+,26-16?;;. The Morgan fingerprint density at radius 1 is 1.21 bits per heavy atom. The summed E-state index contributed by atoms with van der Waals surface area (Å²) in [6.45, 7) is 1.26. The van der Waals surface area contributed by atoms with Gasteiger partial charge in [0.1, 0.15) is 17.7 Å². The maximum atomic E-state index is 12.9. The van der Waals surface area contributed by atoms with Gasteiger partial charge in [0.05, 0.1) is 23.6 Å². The number of rotatable bonds is 11. The molecule has 2 aromatic carbocycles. The molecule has 0 radical (unpaired) electrons. The topological polar surface area (TPSA) is 161 Å². The number of amidine groups is 1. The van der Waals surface area contributed by atoms with Gasteiger partial charge in [-0.1, -0.05) is 42.0 Å². The van der Waals surface area contributed by atoms with Crippen molar-refractivity contribution in [2.24, 2.45) is 5.73 Å². The minimum atomic E-state index is -4.21. The van der Waals surface area contributed by atoms with Crippen molar-refractivity contribution in [3.8, 4) is 5.75 Å². The van der Waals surface area contributed by atoms with Gasteiger partial charge in [-0.2, -0.15) is 0 Å². The van der Waals surface area contributed by atoms with Crippen molar-refractivity contribution in [3.05, 3.63) is 64.7 Å². The molecule has 0 spiro atoms. The normalized spacial score (nSPS) is 13.8. The van der Waals surface area contributed by atoms with Gasteiger partial charge in [0, 0.05) is 31.5 Å². The Labute approximate surface area is 239 Å². The number of likely N-dealkylation sites (tertiary alicyclic amines) is 1. The van der Waals surface area contributed by atoms with E-state index in [1.165, 1.54) is 18.5 Å². The summed E-state index contributed by atoms with van der Waals surface area (Å²) in [6.07, 6.45) is 5.91. The lowest BCUT2D eigenvalue weighted by Gasteiger charge is -2.31. The maximum Gasteiger partial charge on any atom is 0.320 e. The zero-order chi connectivity index (χ0) is 26.3. The lowest BCUT2D eigenvalue weighted by atomic mass is 10.1. The van der Waals surface area contributed by atoms with Gasteiger partial charge in [-0.15, -0.1) is 24.8 Å². The number of aliphatic carboxylic acids is 1. The zero-order valence-corrected chi connectivity index (χ0v) is 23.5. The second-order valence-electron chi connectivity index (χ2n) is 8.22. The molecule has 1 aliphatic heterocycles. The SMILES string of the molecule is Cl.Cl.N=CN1CCC(Oc2ccc(N(C/C=C/c3cccc(C(=N)N)c3)S(=O)(=O)CC(=O)O)cc2Cl)CC1. The fraction of sp³-hybridized carbons (Fsp3) is 0.292. The van der Waals surface area contributed by atoms with E-state index in [0.29, 0.717) is 30.0 Å². The molecule has 1 fully saturated rings. The summed E-state index contributed by atoms with van der Waals surface area (Å²) in [6, 6.07) is 11.4. The highest BCUT2D eigenvalue weighted by Gasteiger charge is 2.26. The van der Waals surface area contributed by atoms with E-state index >= 15 is 0 Å². The van der Waals surface area contributed by atoms with Crippen LogP contribution in [0.2, 0.25) is 5.02 Å². The van der Waals surface area contributed by atoms with Gasteiger partial charge in [0.15, 0.2) is 5.75 Å². The van der Waals surface area contributed by atoms with Crippen LogP contribution in [-0.4, -0.2) is 68.1 Å². The van der Waals surface area contributed by atoms with Crippen LogP contribution in [0.3, 0.4) is 0 Å². The van der Waals surface area contributed by atoms with E-state index in [2.05, 4.69) is 0 Å². The monoisotopic (exact) mass is 605 g/mol. The number of carbonyl (C=O) groups is 1. The molecule has 208 valence electrons. The Kier molecular flexibility index (Phi) is 12.9. The number of carboxylic acid groups (broad SMARTS) is 1. The second kappa shape index (κ2) is 14.8. The molecule has 3 rings (SSSR count). The van der Waals surface area contributed by atoms with Crippen LogP contribution in [0.15, 0.2) is 48.5 Å². The van der Waals surface area contributed by atoms with Crippen LogP contribution < -0.4 is 14.8 Å². The summed E-state index contributed by atoms with van der Waals surface area (Å²) in [5, 5.41) is 24.2. The van der Waals surface area contributed by atoms with Crippen LogP contribution in [0.1, 0.15) is 24.0 Å². The van der Waals surface area contributed by atoms with Crippen molar-refractivity contribution in [2.45, 2.75) is 18.9 Å². The van der Waals surface area contributed by atoms with E-state index in [1.54, 1.807) is 42.5 Å². The quantitative estimate of drug-likeness (QED) is 0.223. The smallest absolute Gasteiger partial charge is 0.320 e. The first-order valence-electron chi connectivity index (χ1n) is 11.1. The molecule has 0 saturated carbocycles. The Balaban J connectivity index is 0.00000361. The Bertz CT molecular complexity index is 1270. The summed E-state index contributed by atoms with van der Waals surface area (Å²) in [5.74, 6) is -2.24. The van der Waals surface area contributed by atoms with Crippen molar-refractivity contribution >= 4 is 76.3 Å². The van der Waals surface area contributed by atoms with Gasteiger partial charge < -0.3 is 20.5 Å². The third kappa shape index (κ3) is 9.09. The molecule has 0 atom stereocenters. The minimum Gasteiger partial charge on any atom is -0.489 e. The number of hydrogen-bond acceptors (Lipinski definition) is 6. The van der Waals surface area contributed by atoms with Gasteiger partial charge >= 0.3 is 5.97 Å². The van der Waals surface area contributed by atoms with Crippen LogP contribution >= 0.6 is 36.4 Å². The van der Waals surface area contributed by atoms with Gasteiger partial charge in [0.25, 0.3) is 0 Å². The molecule has 38 heavy (non-hydrogen) atoms. The molecule has 1 aliphatic rings. The number of anilines is 1. The van der Waals surface area contributed by atoms with Crippen LogP contribution in [0.5, 0.6) is 5.75 Å². The average Bonchev–Trinajstić information content (AvgIpc) is 2.83. The first-order valence-corrected chi connectivity index (χ1v) is 13.1. The minimum absolute atomic E-state index is 0. The van der Waals surface area contributed by atoms with E-state index in [0.717, 1.165) is 17.1 Å². The summed E-state index contributed by atoms with van der Waals surface area (Å²) in [7, 11) is -4.21. The molecule has 0 bridgehead atoms. The first kappa shape index (κ1) is 33.0. The van der Waals surface area contributed by atoms with Gasteiger partial charge in [0.2, 0.25) is 10.0 Å². The van der Waals surface area contributed by atoms with Crippen molar-refractivity contribution < 1.29 is 23.1 Å². The van der Waals surface area contributed by atoms with Crippen LogP contribution in [0.4, 0.5) is 5.69 Å². The van der Waals surface area contributed by atoms with E-state index < -0.39 is 21.7 Å². The molecule has 5 N–H and O–H groups in total. The average molecular weight is 607 g/mol. The molecule has 10 nitrogen and oxygen atoms in total. The number of nitrogens with two attached hydrogens (primary N) is 1. The Hall–Kier alpha value is -2.99. The summed E-state index contributed by atoms with van der Waals surface area (Å²) < 4.78 is 32.7. The van der Waals surface area contributed by atoms with Gasteiger partial charge in [-0.3, -0.25) is 19.9 Å².